The highest BCUT2D eigenvalue weighted by molar-refractivity contribution is 5.91. The summed E-state index contributed by atoms with van der Waals surface area (Å²) in [6, 6.07) is 7.59. The van der Waals surface area contributed by atoms with Gasteiger partial charge in [-0.1, -0.05) is 29.8 Å². The highest BCUT2D eigenvalue weighted by Crippen LogP contribution is 2.30. The predicted octanol–water partition coefficient (Wildman–Crippen LogP) is 3.13. The van der Waals surface area contributed by atoms with E-state index in [1.165, 1.54) is 0 Å². The summed E-state index contributed by atoms with van der Waals surface area (Å²) < 4.78 is 10.7. The lowest BCUT2D eigenvalue weighted by Crippen LogP contribution is -2.21. The third-order valence-corrected chi connectivity index (χ3v) is 3.94. The van der Waals surface area contributed by atoms with Gasteiger partial charge in [-0.3, -0.25) is 10.1 Å². The van der Waals surface area contributed by atoms with Crippen LogP contribution in [0.3, 0.4) is 0 Å². The van der Waals surface area contributed by atoms with E-state index < -0.39 is 0 Å². The van der Waals surface area contributed by atoms with Crippen LogP contribution in [0.2, 0.25) is 0 Å². The number of nitrogens with one attached hydrogen (secondary N) is 1. The number of hydrogen-bond donors (Lipinski definition) is 1. The molecule has 0 unspecified atom stereocenters. The van der Waals surface area contributed by atoms with Gasteiger partial charge in [0.05, 0.1) is 5.69 Å². The van der Waals surface area contributed by atoms with Gasteiger partial charge in [0.1, 0.15) is 5.75 Å². The molecule has 2 aromatic rings. The average Bonchev–Trinajstić information content (AvgIpc) is 2.89. The molecule has 22 heavy (non-hydrogen) atoms. The number of anilines is 1. The molecule has 1 aliphatic carbocycles. The number of hydrogen-bond acceptors (Lipinski definition) is 4. The number of carbonyl (C=O) groups excluding carboxylic acids is 1. The van der Waals surface area contributed by atoms with Gasteiger partial charge in [-0.05, 0) is 44.2 Å². The summed E-state index contributed by atoms with van der Waals surface area (Å²) in [4.78, 5) is 12.0. The molecule has 116 valence electrons. The molecule has 3 rings (SSSR count). The van der Waals surface area contributed by atoms with Crippen LogP contribution in [0.4, 0.5) is 5.88 Å². The molecule has 1 aromatic heterocycles. The molecule has 0 fully saturated rings. The lowest BCUT2D eigenvalue weighted by Gasteiger charge is -2.16. The van der Waals surface area contributed by atoms with Crippen LogP contribution in [-0.4, -0.2) is 17.7 Å². The Hall–Kier alpha value is -2.30. The lowest BCUT2D eigenvalue weighted by atomic mass is 9.89. The minimum absolute atomic E-state index is 0.0475. The minimum Gasteiger partial charge on any atom is -0.484 e. The average molecular weight is 300 g/mol. The molecule has 0 bridgehead atoms. The maximum absolute atomic E-state index is 12.0. The number of carbonyl (C=O) groups is 1. The Morgan fingerprint density at radius 3 is 2.95 bits per heavy atom. The summed E-state index contributed by atoms with van der Waals surface area (Å²) in [6.45, 7) is 4.15. The molecular weight excluding hydrogens is 280 g/mol. The first-order valence-corrected chi connectivity index (χ1v) is 7.58. The van der Waals surface area contributed by atoms with Crippen molar-refractivity contribution in [3.8, 4) is 5.75 Å². The molecule has 1 N–H and O–H groups in total. The Morgan fingerprint density at radius 2 is 2.18 bits per heavy atom. The summed E-state index contributed by atoms with van der Waals surface area (Å²) in [5.74, 6) is 1.50. The van der Waals surface area contributed by atoms with Crippen LogP contribution in [0.25, 0.3) is 0 Å². The first-order chi connectivity index (χ1) is 10.6. The van der Waals surface area contributed by atoms with Crippen LogP contribution in [0.5, 0.6) is 5.75 Å². The van der Waals surface area contributed by atoms with Gasteiger partial charge in [0.25, 0.3) is 5.91 Å². The number of rotatable bonds is 4. The Morgan fingerprint density at radius 1 is 1.41 bits per heavy atom. The molecular formula is C17H20N2O3. The molecule has 1 atom stereocenters. The molecule has 0 saturated carbocycles. The molecule has 0 spiro atoms. The van der Waals surface area contributed by atoms with E-state index in [9.17, 15) is 4.79 Å². The Kier molecular flexibility index (Phi) is 4.13. The van der Waals surface area contributed by atoms with Gasteiger partial charge in [0.2, 0.25) is 5.88 Å². The molecule has 0 radical (unpaired) electrons. The molecule has 0 aliphatic heterocycles. The van der Waals surface area contributed by atoms with Crippen LogP contribution in [0.15, 0.2) is 28.8 Å². The number of aromatic nitrogens is 1. The Labute approximate surface area is 129 Å². The maximum atomic E-state index is 12.0. The van der Waals surface area contributed by atoms with Crippen molar-refractivity contribution >= 4 is 11.8 Å². The Balaban J connectivity index is 1.58. The van der Waals surface area contributed by atoms with Crippen LogP contribution in [0.1, 0.15) is 30.2 Å². The highest BCUT2D eigenvalue weighted by Gasteiger charge is 2.24. The highest BCUT2D eigenvalue weighted by atomic mass is 16.5. The second kappa shape index (κ2) is 6.22. The fourth-order valence-electron chi connectivity index (χ4n) is 2.63. The second-order valence-corrected chi connectivity index (χ2v) is 5.93. The van der Waals surface area contributed by atoms with Crippen LogP contribution in [0, 0.1) is 12.8 Å². The number of benzene rings is 1. The van der Waals surface area contributed by atoms with Gasteiger partial charge in [-0.2, -0.15) is 0 Å². The van der Waals surface area contributed by atoms with Crippen LogP contribution < -0.4 is 10.1 Å². The number of amides is 1. The van der Waals surface area contributed by atoms with Crippen molar-refractivity contribution in [2.24, 2.45) is 5.92 Å². The molecule has 1 aromatic carbocycles. The van der Waals surface area contributed by atoms with E-state index in [1.54, 1.807) is 0 Å². The van der Waals surface area contributed by atoms with E-state index in [-0.39, 0.29) is 12.5 Å². The van der Waals surface area contributed by atoms with Gasteiger partial charge < -0.3 is 9.26 Å². The number of fused-ring (bicyclic) bond motifs is 1. The summed E-state index contributed by atoms with van der Waals surface area (Å²) in [6.07, 6.45) is 2.92. The fraction of sp³-hybridized carbons (Fsp3) is 0.412. The molecule has 5 heteroatoms. The first-order valence-electron chi connectivity index (χ1n) is 7.58. The number of nitrogens with zero attached hydrogens (tertiary/aromatic N) is 1. The van der Waals surface area contributed by atoms with Crippen molar-refractivity contribution in [2.75, 3.05) is 11.9 Å². The van der Waals surface area contributed by atoms with Gasteiger partial charge >= 0.3 is 0 Å². The standard InChI is InChI=1S/C17H20N2O3/c1-11-3-6-13(7-4-11)21-10-16(20)18-17-14-9-12(2)5-8-15(14)19-22-17/h3-4,6-7,12H,5,8-10H2,1-2H3,(H,18,20)/t12-/m0/s1. The van der Waals surface area contributed by atoms with Gasteiger partial charge in [0, 0.05) is 5.56 Å². The number of aryl methyl sites for hydroxylation is 2. The normalized spacial score (nSPS) is 16.9. The van der Waals surface area contributed by atoms with E-state index in [2.05, 4.69) is 17.4 Å². The van der Waals surface area contributed by atoms with Gasteiger partial charge in [0.15, 0.2) is 6.61 Å². The monoisotopic (exact) mass is 300 g/mol. The second-order valence-electron chi connectivity index (χ2n) is 5.93. The van der Waals surface area contributed by atoms with E-state index in [4.69, 9.17) is 9.26 Å². The third kappa shape index (κ3) is 3.30. The van der Waals surface area contributed by atoms with Gasteiger partial charge in [-0.25, -0.2) is 0 Å². The molecule has 1 amide bonds. The lowest BCUT2D eigenvalue weighted by molar-refractivity contribution is -0.118. The van der Waals surface area contributed by atoms with E-state index in [1.807, 2.05) is 31.2 Å². The predicted molar refractivity (Wildman–Crippen MR) is 83.0 cm³/mol. The van der Waals surface area contributed by atoms with Crippen molar-refractivity contribution in [3.05, 3.63) is 41.1 Å². The molecule has 1 heterocycles. The largest absolute Gasteiger partial charge is 0.484 e. The zero-order chi connectivity index (χ0) is 15.5. The van der Waals surface area contributed by atoms with Crippen molar-refractivity contribution in [1.29, 1.82) is 0 Å². The molecule has 5 nitrogen and oxygen atoms in total. The van der Waals surface area contributed by atoms with E-state index >= 15 is 0 Å². The van der Waals surface area contributed by atoms with E-state index in [0.29, 0.717) is 17.6 Å². The molecule has 1 aliphatic rings. The van der Waals surface area contributed by atoms with Crippen molar-refractivity contribution < 1.29 is 14.1 Å². The smallest absolute Gasteiger partial charge is 0.264 e. The van der Waals surface area contributed by atoms with Crippen molar-refractivity contribution in [3.63, 3.8) is 0 Å². The SMILES string of the molecule is Cc1ccc(OCC(=O)Nc2onc3c2C[C@@H](C)CC3)cc1. The quantitative estimate of drug-likeness (QED) is 0.942. The summed E-state index contributed by atoms with van der Waals surface area (Å²) in [7, 11) is 0. The first kappa shape index (κ1) is 14.6. The topological polar surface area (TPSA) is 64.4 Å². The Bertz CT molecular complexity index is 661. The van der Waals surface area contributed by atoms with Crippen LogP contribution >= 0.6 is 0 Å². The molecule has 0 saturated heterocycles. The summed E-state index contributed by atoms with van der Waals surface area (Å²) in [5, 5.41) is 6.80. The van der Waals surface area contributed by atoms with E-state index in [0.717, 1.165) is 36.1 Å². The minimum atomic E-state index is -0.238. The number of ether oxygens (including phenoxy) is 1. The third-order valence-electron chi connectivity index (χ3n) is 3.94. The zero-order valence-electron chi connectivity index (χ0n) is 12.9. The summed E-state index contributed by atoms with van der Waals surface area (Å²) >= 11 is 0. The summed E-state index contributed by atoms with van der Waals surface area (Å²) in [5.41, 5.74) is 3.15. The van der Waals surface area contributed by atoms with Crippen LogP contribution in [-0.2, 0) is 17.6 Å². The van der Waals surface area contributed by atoms with Gasteiger partial charge in [-0.15, -0.1) is 0 Å². The maximum Gasteiger partial charge on any atom is 0.264 e. The van der Waals surface area contributed by atoms with Crippen molar-refractivity contribution in [1.82, 2.24) is 5.16 Å². The zero-order valence-corrected chi connectivity index (χ0v) is 12.9. The van der Waals surface area contributed by atoms with Crippen molar-refractivity contribution in [2.45, 2.75) is 33.1 Å². The fourth-order valence-corrected chi connectivity index (χ4v) is 2.63.